The fourth-order valence-corrected chi connectivity index (χ4v) is 5.07. The van der Waals surface area contributed by atoms with Crippen LogP contribution in [0.25, 0.3) is 0 Å². The number of piperazine rings is 1. The lowest BCUT2D eigenvalue weighted by Crippen LogP contribution is -2.46. The van der Waals surface area contributed by atoms with Crippen LogP contribution in [0, 0.1) is 0 Å². The Morgan fingerprint density at radius 3 is 2.20 bits per heavy atom. The number of nitrogens with zero attached hydrogens (tertiary/aromatic N) is 5. The summed E-state index contributed by atoms with van der Waals surface area (Å²) in [7, 11) is 4.41. The minimum Gasteiger partial charge on any atom is -0.495 e. The average Bonchev–Trinajstić information content (AvgIpc) is 3.03. The molecular formula is C29H36Cl4N8O4. The molecule has 1 fully saturated rings. The second kappa shape index (κ2) is 17.1. The summed E-state index contributed by atoms with van der Waals surface area (Å²) in [6, 6.07) is 8.32. The molecule has 0 aliphatic carbocycles. The molecule has 2 heterocycles. The van der Waals surface area contributed by atoms with Gasteiger partial charge in [-0.1, -0.05) is 36.7 Å². The van der Waals surface area contributed by atoms with E-state index in [1.165, 1.54) is 44.6 Å². The highest BCUT2D eigenvalue weighted by Gasteiger charge is 2.22. The molecule has 16 heteroatoms. The zero-order valence-corrected chi connectivity index (χ0v) is 28.4. The maximum absolute atomic E-state index is 13.2. The average molecular weight is 702 g/mol. The molecule has 3 N–H and O–H groups in total. The van der Waals surface area contributed by atoms with E-state index >= 15 is 0 Å². The predicted molar refractivity (Wildman–Crippen MR) is 186 cm³/mol. The molecule has 0 spiro atoms. The molecule has 3 aromatic rings. The number of nitrogens with one attached hydrogen (secondary N) is 3. The number of aromatic nitrogens is 2. The minimum atomic E-state index is -0.574. The third-order valence-electron chi connectivity index (χ3n) is 7.00. The van der Waals surface area contributed by atoms with Crippen LogP contribution in [0.5, 0.6) is 11.5 Å². The largest absolute Gasteiger partial charge is 0.495 e. The second-order valence-electron chi connectivity index (χ2n) is 9.50. The number of benzene rings is 2. The maximum atomic E-state index is 13.2. The van der Waals surface area contributed by atoms with Gasteiger partial charge in [-0.05, 0) is 30.8 Å². The van der Waals surface area contributed by atoms with Crippen molar-refractivity contribution < 1.29 is 19.1 Å². The lowest BCUT2D eigenvalue weighted by Gasteiger charge is -2.35. The third kappa shape index (κ3) is 8.95. The predicted octanol–water partition coefficient (Wildman–Crippen LogP) is 6.32. The Hall–Kier alpha value is -3.68. The van der Waals surface area contributed by atoms with E-state index in [9.17, 15) is 9.59 Å². The molecule has 0 radical (unpaired) electrons. The van der Waals surface area contributed by atoms with Crippen molar-refractivity contribution in [2.24, 2.45) is 0 Å². The summed E-state index contributed by atoms with van der Waals surface area (Å²) < 4.78 is 10.5. The maximum Gasteiger partial charge on any atom is 0.327 e. The number of hydrogen-bond donors (Lipinski definition) is 3. The highest BCUT2D eigenvalue weighted by atomic mass is 35.5. The van der Waals surface area contributed by atoms with Crippen molar-refractivity contribution in [1.82, 2.24) is 14.9 Å². The molecule has 12 nitrogen and oxygen atoms in total. The molecule has 0 atom stereocenters. The first kappa shape index (κ1) is 37.5. The summed E-state index contributed by atoms with van der Waals surface area (Å²) in [5, 5.41) is 9.02. The third-order valence-corrected chi connectivity index (χ3v) is 7.75. The minimum absolute atomic E-state index is 0. The summed E-state index contributed by atoms with van der Waals surface area (Å²) in [5.41, 5.74) is 2.28. The van der Waals surface area contributed by atoms with E-state index in [-0.39, 0.29) is 63.8 Å². The molecule has 45 heavy (non-hydrogen) atoms. The standard InChI is InChI=1S/C29H34Cl2N8O4.2ClH/c1-6-25(40)35-20-14-18(39-12-10-38(7-2)11-13-39)8-9-19(20)34-23-16-24(33-17-32-23)37(3)29(41)36-28-26(30)21(42-4)15-22(43-5)27(28)31;;/h6,8-9,14-17H,1,7,10-13H2,2-5H3,(H,35,40)(H,36,41)(H,32,33,34);2*1H. The first-order valence-electron chi connectivity index (χ1n) is 13.5. The smallest absolute Gasteiger partial charge is 0.327 e. The number of carbonyl (C=O) groups excluding carboxylic acids is 2. The number of amides is 3. The molecule has 1 saturated heterocycles. The van der Waals surface area contributed by atoms with E-state index in [0.29, 0.717) is 17.2 Å². The Balaban J connectivity index is 0.00000353. The van der Waals surface area contributed by atoms with Crippen molar-refractivity contribution in [3.05, 3.63) is 59.4 Å². The Kier molecular flexibility index (Phi) is 14.3. The van der Waals surface area contributed by atoms with Crippen molar-refractivity contribution in [3.63, 3.8) is 0 Å². The number of hydrogen-bond acceptors (Lipinski definition) is 9. The van der Waals surface area contributed by atoms with Crippen LogP contribution >= 0.6 is 48.0 Å². The molecule has 1 aromatic heterocycles. The highest BCUT2D eigenvalue weighted by molar-refractivity contribution is 6.41. The van der Waals surface area contributed by atoms with Crippen molar-refractivity contribution in [1.29, 1.82) is 0 Å². The topological polar surface area (TPSA) is 124 Å². The van der Waals surface area contributed by atoms with Crippen LogP contribution in [0.15, 0.2) is 49.3 Å². The monoisotopic (exact) mass is 700 g/mol. The molecule has 1 aliphatic rings. The van der Waals surface area contributed by atoms with Gasteiger partial charge in [-0.15, -0.1) is 24.8 Å². The summed E-state index contributed by atoms with van der Waals surface area (Å²) in [6.07, 6.45) is 2.53. The summed E-state index contributed by atoms with van der Waals surface area (Å²) in [6.45, 7) is 10.5. The molecular weight excluding hydrogens is 666 g/mol. The molecule has 1 aliphatic heterocycles. The Bertz CT molecular complexity index is 1480. The quantitative estimate of drug-likeness (QED) is 0.208. The number of halogens is 4. The van der Waals surface area contributed by atoms with Crippen LogP contribution in [0.4, 0.5) is 39.2 Å². The van der Waals surface area contributed by atoms with E-state index in [1.54, 1.807) is 6.07 Å². The van der Waals surface area contributed by atoms with Gasteiger partial charge in [-0.2, -0.15) is 0 Å². The van der Waals surface area contributed by atoms with E-state index in [4.69, 9.17) is 32.7 Å². The first-order chi connectivity index (χ1) is 20.7. The SMILES string of the molecule is C=CC(=O)Nc1cc(N2CCN(CC)CC2)ccc1Nc1cc(N(C)C(=O)Nc2c(Cl)c(OC)cc(OC)c2Cl)ncn1.Cl.Cl. The van der Waals surface area contributed by atoms with Crippen LogP contribution in [-0.2, 0) is 4.79 Å². The van der Waals surface area contributed by atoms with Gasteiger partial charge in [0.05, 0.1) is 31.3 Å². The van der Waals surface area contributed by atoms with E-state index in [1.807, 2.05) is 18.2 Å². The summed E-state index contributed by atoms with van der Waals surface area (Å²) in [5.74, 6) is 0.884. The fraction of sp³-hybridized carbons (Fsp3) is 0.310. The molecule has 4 rings (SSSR count). The van der Waals surface area contributed by atoms with Crippen LogP contribution in [0.3, 0.4) is 0 Å². The van der Waals surface area contributed by atoms with Gasteiger partial charge in [0.15, 0.2) is 0 Å². The van der Waals surface area contributed by atoms with Crippen molar-refractivity contribution in [2.45, 2.75) is 6.92 Å². The van der Waals surface area contributed by atoms with Crippen LogP contribution in [0.1, 0.15) is 6.92 Å². The van der Waals surface area contributed by atoms with Gasteiger partial charge >= 0.3 is 6.03 Å². The lowest BCUT2D eigenvalue weighted by molar-refractivity contribution is -0.111. The molecule has 0 bridgehead atoms. The number of likely N-dealkylation sites (N-methyl/N-ethyl adjacent to an activating group) is 1. The first-order valence-corrected chi connectivity index (χ1v) is 14.2. The number of rotatable bonds is 10. The van der Waals surface area contributed by atoms with Gasteiger partial charge < -0.3 is 35.2 Å². The van der Waals surface area contributed by atoms with Gasteiger partial charge in [0, 0.05) is 51.0 Å². The van der Waals surface area contributed by atoms with Crippen LogP contribution < -0.4 is 35.2 Å². The molecule has 244 valence electrons. The second-order valence-corrected chi connectivity index (χ2v) is 10.3. The zero-order chi connectivity index (χ0) is 31.1. The fourth-order valence-electron chi connectivity index (χ4n) is 4.47. The number of anilines is 6. The van der Waals surface area contributed by atoms with Gasteiger partial charge in [0.1, 0.15) is 39.5 Å². The number of carbonyl (C=O) groups is 2. The Labute approximate surface area is 284 Å². The summed E-state index contributed by atoms with van der Waals surface area (Å²) in [4.78, 5) is 39.9. The molecule has 0 saturated carbocycles. The van der Waals surface area contributed by atoms with Crippen LogP contribution in [0.2, 0.25) is 10.0 Å². The van der Waals surface area contributed by atoms with E-state index in [2.05, 4.69) is 49.2 Å². The number of methoxy groups -OCH3 is 2. The molecule has 2 aromatic carbocycles. The van der Waals surface area contributed by atoms with Crippen molar-refractivity contribution >= 4 is 94.3 Å². The van der Waals surface area contributed by atoms with Gasteiger partial charge in [-0.25, -0.2) is 14.8 Å². The van der Waals surface area contributed by atoms with Gasteiger partial charge in [0.2, 0.25) is 5.91 Å². The molecule has 3 amide bonds. The number of urea groups is 1. The van der Waals surface area contributed by atoms with E-state index in [0.717, 1.165) is 38.4 Å². The van der Waals surface area contributed by atoms with Gasteiger partial charge in [0.25, 0.3) is 0 Å². The van der Waals surface area contributed by atoms with E-state index < -0.39 is 6.03 Å². The summed E-state index contributed by atoms with van der Waals surface area (Å²) >= 11 is 12.8. The van der Waals surface area contributed by atoms with Crippen LogP contribution in [-0.4, -0.2) is 80.8 Å². The van der Waals surface area contributed by atoms with Crippen molar-refractivity contribution in [2.75, 3.05) is 79.7 Å². The normalized spacial score (nSPS) is 12.6. The number of ether oxygens (including phenoxy) is 2. The van der Waals surface area contributed by atoms with Gasteiger partial charge in [-0.3, -0.25) is 9.69 Å². The van der Waals surface area contributed by atoms with Crippen molar-refractivity contribution in [3.8, 4) is 11.5 Å². The Morgan fingerprint density at radius 1 is 0.978 bits per heavy atom. The highest BCUT2D eigenvalue weighted by Crippen LogP contribution is 2.44. The Morgan fingerprint density at radius 2 is 1.62 bits per heavy atom. The molecule has 0 unspecified atom stereocenters. The lowest BCUT2D eigenvalue weighted by atomic mass is 10.2. The zero-order valence-electron chi connectivity index (χ0n) is 25.2.